The van der Waals surface area contributed by atoms with Gasteiger partial charge in [-0.3, -0.25) is 19.3 Å². The first-order chi connectivity index (χ1) is 11.7. The Morgan fingerprint density at radius 2 is 2.00 bits per heavy atom. The van der Waals surface area contributed by atoms with Crippen molar-refractivity contribution in [1.82, 2.24) is 19.7 Å². The van der Waals surface area contributed by atoms with Gasteiger partial charge in [-0.2, -0.15) is 5.10 Å². The van der Waals surface area contributed by atoms with Crippen LogP contribution in [0, 0.1) is 0 Å². The van der Waals surface area contributed by atoms with E-state index in [1.807, 2.05) is 24.3 Å². The van der Waals surface area contributed by atoms with Gasteiger partial charge in [0.15, 0.2) is 0 Å². The zero-order valence-electron chi connectivity index (χ0n) is 12.6. The van der Waals surface area contributed by atoms with E-state index in [9.17, 15) is 9.59 Å². The van der Waals surface area contributed by atoms with Crippen LogP contribution < -0.4 is 10.9 Å². The third kappa shape index (κ3) is 2.41. The molecule has 0 atom stereocenters. The molecular formula is C17H13N5O2. The lowest BCUT2D eigenvalue weighted by Crippen LogP contribution is -2.28. The fraction of sp³-hybridized carbons (Fsp3) is 0.0588. The molecule has 0 aliphatic rings. The van der Waals surface area contributed by atoms with E-state index in [2.05, 4.69) is 20.5 Å². The number of hydrogen-bond donors (Lipinski definition) is 2. The standard InChI is InChI=1S/C17H13N5O2/c23-15(20-13-6-3-4-11-8-19-21-17(11)13)10-22-14-7-2-1-5-12(14)18-9-16(22)24/h1-9H,10H2,(H,19,21)(H,20,23). The van der Waals surface area contributed by atoms with Crippen molar-refractivity contribution in [3.8, 4) is 0 Å². The smallest absolute Gasteiger partial charge is 0.269 e. The van der Waals surface area contributed by atoms with E-state index in [0.29, 0.717) is 16.7 Å². The highest BCUT2D eigenvalue weighted by molar-refractivity contribution is 6.00. The highest BCUT2D eigenvalue weighted by Gasteiger charge is 2.11. The quantitative estimate of drug-likeness (QED) is 0.603. The van der Waals surface area contributed by atoms with Crippen molar-refractivity contribution in [1.29, 1.82) is 0 Å². The van der Waals surface area contributed by atoms with Gasteiger partial charge in [0.25, 0.3) is 5.56 Å². The Morgan fingerprint density at radius 1 is 1.12 bits per heavy atom. The molecule has 0 radical (unpaired) electrons. The second-order valence-corrected chi connectivity index (χ2v) is 5.36. The molecule has 2 aromatic carbocycles. The van der Waals surface area contributed by atoms with Gasteiger partial charge in [0, 0.05) is 5.39 Å². The number of H-pyrrole nitrogens is 1. The molecule has 1 amide bonds. The monoisotopic (exact) mass is 319 g/mol. The third-order valence-electron chi connectivity index (χ3n) is 3.81. The van der Waals surface area contributed by atoms with Crippen LogP contribution in [0.25, 0.3) is 21.9 Å². The van der Waals surface area contributed by atoms with Crippen molar-refractivity contribution in [2.45, 2.75) is 6.54 Å². The first kappa shape index (κ1) is 14.1. The predicted molar refractivity (Wildman–Crippen MR) is 90.7 cm³/mol. The van der Waals surface area contributed by atoms with E-state index in [0.717, 1.165) is 10.9 Å². The fourth-order valence-corrected chi connectivity index (χ4v) is 2.68. The summed E-state index contributed by atoms with van der Waals surface area (Å²) in [6.45, 7) is -0.0909. The van der Waals surface area contributed by atoms with Gasteiger partial charge in [-0.05, 0) is 18.2 Å². The predicted octanol–water partition coefficient (Wildman–Crippen LogP) is 1.91. The Hall–Kier alpha value is -3.48. The minimum Gasteiger partial charge on any atom is -0.323 e. The molecular weight excluding hydrogens is 306 g/mol. The van der Waals surface area contributed by atoms with Crippen LogP contribution in [0.4, 0.5) is 5.69 Å². The van der Waals surface area contributed by atoms with Gasteiger partial charge in [0.2, 0.25) is 5.91 Å². The van der Waals surface area contributed by atoms with E-state index in [-0.39, 0.29) is 18.0 Å². The van der Waals surface area contributed by atoms with Crippen molar-refractivity contribution >= 4 is 33.5 Å². The summed E-state index contributed by atoms with van der Waals surface area (Å²) in [5.41, 5.74) is 2.35. The van der Waals surface area contributed by atoms with Crippen LogP contribution in [0.15, 0.2) is 59.7 Å². The van der Waals surface area contributed by atoms with Crippen LogP contribution in [0.1, 0.15) is 0 Å². The minimum atomic E-state index is -0.316. The number of fused-ring (bicyclic) bond motifs is 2. The number of nitrogens with one attached hydrogen (secondary N) is 2. The van der Waals surface area contributed by atoms with Crippen molar-refractivity contribution < 1.29 is 4.79 Å². The number of para-hydroxylation sites is 3. The summed E-state index contributed by atoms with van der Waals surface area (Å²) in [6, 6.07) is 12.7. The summed E-state index contributed by atoms with van der Waals surface area (Å²) in [7, 11) is 0. The Labute approximate surface area is 136 Å². The van der Waals surface area contributed by atoms with E-state index in [1.54, 1.807) is 24.4 Å². The van der Waals surface area contributed by atoms with Gasteiger partial charge in [0.05, 0.1) is 34.6 Å². The average molecular weight is 319 g/mol. The molecule has 0 fully saturated rings. The van der Waals surface area contributed by atoms with E-state index >= 15 is 0 Å². The normalized spacial score (nSPS) is 11.0. The maximum atomic E-state index is 12.4. The van der Waals surface area contributed by atoms with Crippen molar-refractivity contribution in [2.24, 2.45) is 0 Å². The number of nitrogens with zero attached hydrogens (tertiary/aromatic N) is 3. The largest absolute Gasteiger partial charge is 0.323 e. The second-order valence-electron chi connectivity index (χ2n) is 5.36. The summed E-state index contributed by atoms with van der Waals surface area (Å²) in [6.07, 6.45) is 2.91. The van der Waals surface area contributed by atoms with Crippen LogP contribution in [0.3, 0.4) is 0 Å². The SMILES string of the molecule is O=C(Cn1c(=O)cnc2ccccc21)Nc1cccc2cn[nH]c12. The first-order valence-electron chi connectivity index (χ1n) is 7.39. The van der Waals surface area contributed by atoms with Gasteiger partial charge in [-0.1, -0.05) is 24.3 Å². The summed E-state index contributed by atoms with van der Waals surface area (Å²) >= 11 is 0. The Bertz CT molecular complexity index is 1110. The van der Waals surface area contributed by atoms with E-state index in [4.69, 9.17) is 0 Å². The molecule has 0 saturated heterocycles. The molecule has 0 spiro atoms. The Balaban J connectivity index is 1.67. The molecule has 118 valence electrons. The summed E-state index contributed by atoms with van der Waals surface area (Å²) in [4.78, 5) is 28.6. The molecule has 0 unspecified atom stereocenters. The number of amides is 1. The Kier molecular flexibility index (Phi) is 3.31. The molecule has 7 heteroatoms. The maximum Gasteiger partial charge on any atom is 0.269 e. The molecule has 4 rings (SSSR count). The van der Waals surface area contributed by atoms with Gasteiger partial charge < -0.3 is 5.32 Å². The van der Waals surface area contributed by atoms with E-state index in [1.165, 1.54) is 10.8 Å². The third-order valence-corrected chi connectivity index (χ3v) is 3.81. The molecule has 0 saturated carbocycles. The maximum absolute atomic E-state index is 12.4. The number of carbonyl (C=O) groups is 1. The second kappa shape index (κ2) is 5.62. The average Bonchev–Trinajstić information content (AvgIpc) is 3.07. The lowest BCUT2D eigenvalue weighted by atomic mass is 10.2. The highest BCUT2D eigenvalue weighted by atomic mass is 16.2. The van der Waals surface area contributed by atoms with Crippen LogP contribution in [-0.4, -0.2) is 25.7 Å². The van der Waals surface area contributed by atoms with Crippen LogP contribution in [0.5, 0.6) is 0 Å². The summed E-state index contributed by atoms with van der Waals surface area (Å²) in [5.74, 6) is -0.296. The lowest BCUT2D eigenvalue weighted by molar-refractivity contribution is -0.116. The molecule has 4 aromatic rings. The number of hydrogen-bond acceptors (Lipinski definition) is 4. The van der Waals surface area contributed by atoms with Crippen LogP contribution in [0.2, 0.25) is 0 Å². The minimum absolute atomic E-state index is 0.0909. The molecule has 7 nitrogen and oxygen atoms in total. The van der Waals surface area contributed by atoms with Crippen LogP contribution in [-0.2, 0) is 11.3 Å². The Morgan fingerprint density at radius 3 is 2.92 bits per heavy atom. The lowest BCUT2D eigenvalue weighted by Gasteiger charge is -2.10. The first-order valence-corrected chi connectivity index (χ1v) is 7.39. The number of aromatic amines is 1. The van der Waals surface area contributed by atoms with Gasteiger partial charge in [0.1, 0.15) is 6.54 Å². The summed E-state index contributed by atoms with van der Waals surface area (Å²) in [5, 5.41) is 10.5. The van der Waals surface area contributed by atoms with Crippen molar-refractivity contribution in [2.75, 3.05) is 5.32 Å². The number of carbonyl (C=O) groups excluding carboxylic acids is 1. The zero-order valence-corrected chi connectivity index (χ0v) is 12.6. The zero-order chi connectivity index (χ0) is 16.5. The number of rotatable bonds is 3. The molecule has 0 bridgehead atoms. The summed E-state index contributed by atoms with van der Waals surface area (Å²) < 4.78 is 1.41. The molecule has 2 N–H and O–H groups in total. The van der Waals surface area contributed by atoms with E-state index < -0.39 is 0 Å². The topological polar surface area (TPSA) is 92.7 Å². The highest BCUT2D eigenvalue weighted by Crippen LogP contribution is 2.20. The number of aromatic nitrogens is 4. The van der Waals surface area contributed by atoms with Gasteiger partial charge in [-0.25, -0.2) is 4.98 Å². The molecule has 0 aliphatic carbocycles. The number of anilines is 1. The number of benzene rings is 2. The fourth-order valence-electron chi connectivity index (χ4n) is 2.68. The molecule has 24 heavy (non-hydrogen) atoms. The molecule has 2 aromatic heterocycles. The van der Waals surface area contributed by atoms with Gasteiger partial charge >= 0.3 is 0 Å². The van der Waals surface area contributed by atoms with Crippen molar-refractivity contribution in [3.63, 3.8) is 0 Å². The van der Waals surface area contributed by atoms with Crippen molar-refractivity contribution in [3.05, 3.63) is 65.2 Å². The molecule has 0 aliphatic heterocycles. The molecule has 2 heterocycles. The van der Waals surface area contributed by atoms with Gasteiger partial charge in [-0.15, -0.1) is 0 Å². The van der Waals surface area contributed by atoms with Crippen LogP contribution >= 0.6 is 0 Å².